The van der Waals surface area contributed by atoms with E-state index >= 15 is 0 Å². The van der Waals surface area contributed by atoms with Gasteiger partial charge in [-0.15, -0.1) is 0 Å². The maximum atomic E-state index is 11.5. The molecule has 0 aliphatic carbocycles. The number of carbonyl (C=O) groups is 1. The highest BCUT2D eigenvalue weighted by Gasteiger charge is 2.01. The zero-order valence-corrected chi connectivity index (χ0v) is 10.8. The van der Waals surface area contributed by atoms with Gasteiger partial charge in [0.2, 0.25) is 5.91 Å². The second-order valence-electron chi connectivity index (χ2n) is 4.14. The van der Waals surface area contributed by atoms with E-state index in [4.69, 9.17) is 0 Å². The van der Waals surface area contributed by atoms with Crippen LogP contribution in [0.25, 0.3) is 0 Å². The van der Waals surface area contributed by atoms with Crippen LogP contribution < -0.4 is 5.32 Å². The van der Waals surface area contributed by atoms with Gasteiger partial charge in [0.15, 0.2) is 0 Å². The summed E-state index contributed by atoms with van der Waals surface area (Å²) in [6, 6.07) is 2.07. The molecular weight excluding hydrogens is 220 g/mol. The predicted octanol–water partition coefficient (Wildman–Crippen LogP) is 1.75. The van der Waals surface area contributed by atoms with E-state index in [1.165, 1.54) is 5.56 Å². The van der Waals surface area contributed by atoms with Crippen molar-refractivity contribution in [2.75, 3.05) is 27.2 Å². The van der Waals surface area contributed by atoms with Gasteiger partial charge in [0.05, 0.1) is 0 Å². The smallest absolute Gasteiger partial charge is 0.220 e. The topological polar surface area (TPSA) is 32.3 Å². The van der Waals surface area contributed by atoms with Gasteiger partial charge in [0.25, 0.3) is 0 Å². The lowest BCUT2D eigenvalue weighted by Crippen LogP contribution is -2.27. The minimum Gasteiger partial charge on any atom is -0.356 e. The van der Waals surface area contributed by atoms with Crippen LogP contribution in [-0.4, -0.2) is 38.0 Å². The van der Waals surface area contributed by atoms with E-state index in [1.807, 2.05) is 19.5 Å². The summed E-state index contributed by atoms with van der Waals surface area (Å²) < 4.78 is 0. The molecule has 1 N–H and O–H groups in total. The molecule has 0 saturated heterocycles. The summed E-state index contributed by atoms with van der Waals surface area (Å²) in [5.74, 6) is 0.157. The summed E-state index contributed by atoms with van der Waals surface area (Å²) >= 11 is 1.68. The Morgan fingerprint density at radius 1 is 1.50 bits per heavy atom. The number of rotatable bonds is 7. The third-order valence-electron chi connectivity index (χ3n) is 2.33. The van der Waals surface area contributed by atoms with Crippen LogP contribution in [0.4, 0.5) is 0 Å². The third kappa shape index (κ3) is 5.88. The van der Waals surface area contributed by atoms with Gasteiger partial charge in [0, 0.05) is 13.0 Å². The molecule has 0 saturated carbocycles. The van der Waals surface area contributed by atoms with Gasteiger partial charge in [-0.05, 0) is 55.9 Å². The first-order valence-electron chi connectivity index (χ1n) is 5.61. The van der Waals surface area contributed by atoms with Crippen LogP contribution in [0.2, 0.25) is 0 Å². The van der Waals surface area contributed by atoms with Gasteiger partial charge in [-0.3, -0.25) is 4.79 Å². The SMILES string of the molecule is CN(C)CCCNC(=O)CCc1ccsc1. The number of amides is 1. The van der Waals surface area contributed by atoms with Gasteiger partial charge in [-0.25, -0.2) is 0 Å². The predicted molar refractivity (Wildman–Crippen MR) is 68.8 cm³/mol. The zero-order valence-electron chi connectivity index (χ0n) is 10.0. The van der Waals surface area contributed by atoms with Crippen molar-refractivity contribution in [2.24, 2.45) is 0 Å². The van der Waals surface area contributed by atoms with Crippen molar-refractivity contribution in [3.8, 4) is 0 Å². The number of carbonyl (C=O) groups excluding carboxylic acids is 1. The van der Waals surface area contributed by atoms with E-state index in [-0.39, 0.29) is 5.91 Å². The Morgan fingerprint density at radius 3 is 2.94 bits per heavy atom. The molecular formula is C12H20N2OS. The molecule has 0 aliphatic rings. The lowest BCUT2D eigenvalue weighted by atomic mass is 10.2. The molecule has 90 valence electrons. The van der Waals surface area contributed by atoms with E-state index in [0.717, 1.165) is 25.9 Å². The van der Waals surface area contributed by atoms with Crippen LogP contribution in [0.5, 0.6) is 0 Å². The summed E-state index contributed by atoms with van der Waals surface area (Å²) in [5.41, 5.74) is 1.26. The summed E-state index contributed by atoms with van der Waals surface area (Å²) in [5, 5.41) is 7.08. The lowest BCUT2D eigenvalue weighted by molar-refractivity contribution is -0.121. The molecule has 0 fully saturated rings. The first-order chi connectivity index (χ1) is 7.68. The van der Waals surface area contributed by atoms with E-state index in [9.17, 15) is 4.79 Å². The molecule has 16 heavy (non-hydrogen) atoms. The molecule has 0 spiro atoms. The van der Waals surface area contributed by atoms with Gasteiger partial charge in [0.1, 0.15) is 0 Å². The van der Waals surface area contributed by atoms with Gasteiger partial charge >= 0.3 is 0 Å². The molecule has 0 unspecified atom stereocenters. The Hall–Kier alpha value is -0.870. The Labute approximate surface area is 101 Å². The minimum atomic E-state index is 0.157. The summed E-state index contributed by atoms with van der Waals surface area (Å²) in [6.07, 6.45) is 2.46. The number of nitrogens with one attached hydrogen (secondary N) is 1. The average Bonchev–Trinajstić information content (AvgIpc) is 2.74. The number of nitrogens with zero attached hydrogens (tertiary/aromatic N) is 1. The van der Waals surface area contributed by atoms with Crippen LogP contribution >= 0.6 is 11.3 Å². The van der Waals surface area contributed by atoms with Crippen molar-refractivity contribution < 1.29 is 4.79 Å². The second kappa shape index (κ2) is 7.41. The molecule has 3 nitrogen and oxygen atoms in total. The van der Waals surface area contributed by atoms with Crippen LogP contribution in [-0.2, 0) is 11.2 Å². The fourth-order valence-corrected chi connectivity index (χ4v) is 2.11. The standard InChI is InChI=1S/C12H20N2OS/c1-14(2)8-3-7-13-12(15)5-4-11-6-9-16-10-11/h6,9-10H,3-5,7-8H2,1-2H3,(H,13,15). The molecule has 4 heteroatoms. The van der Waals surface area contributed by atoms with Crippen LogP contribution in [0.1, 0.15) is 18.4 Å². The molecule has 1 aromatic heterocycles. The Kier molecular flexibility index (Phi) is 6.11. The molecule has 1 rings (SSSR count). The van der Waals surface area contributed by atoms with Crippen LogP contribution in [0.15, 0.2) is 16.8 Å². The first-order valence-corrected chi connectivity index (χ1v) is 6.55. The maximum absolute atomic E-state index is 11.5. The maximum Gasteiger partial charge on any atom is 0.220 e. The van der Waals surface area contributed by atoms with Crippen molar-refractivity contribution in [3.05, 3.63) is 22.4 Å². The van der Waals surface area contributed by atoms with E-state index in [0.29, 0.717) is 6.42 Å². The third-order valence-corrected chi connectivity index (χ3v) is 3.06. The Bertz CT molecular complexity index is 296. The molecule has 1 amide bonds. The molecule has 0 radical (unpaired) electrons. The minimum absolute atomic E-state index is 0.157. The fraction of sp³-hybridized carbons (Fsp3) is 0.583. The van der Waals surface area contributed by atoms with Gasteiger partial charge in [-0.2, -0.15) is 11.3 Å². The summed E-state index contributed by atoms with van der Waals surface area (Å²) in [6.45, 7) is 1.80. The van der Waals surface area contributed by atoms with Crippen molar-refractivity contribution in [1.29, 1.82) is 0 Å². The van der Waals surface area contributed by atoms with Crippen molar-refractivity contribution in [1.82, 2.24) is 10.2 Å². The second-order valence-corrected chi connectivity index (χ2v) is 4.92. The van der Waals surface area contributed by atoms with Crippen molar-refractivity contribution >= 4 is 17.2 Å². The summed E-state index contributed by atoms with van der Waals surface area (Å²) in [7, 11) is 4.08. The number of hydrogen-bond acceptors (Lipinski definition) is 3. The fourth-order valence-electron chi connectivity index (χ4n) is 1.40. The van der Waals surface area contributed by atoms with E-state index in [2.05, 4.69) is 21.7 Å². The Balaban J connectivity index is 2.03. The van der Waals surface area contributed by atoms with Crippen LogP contribution in [0, 0.1) is 0 Å². The summed E-state index contributed by atoms with van der Waals surface area (Å²) in [4.78, 5) is 13.6. The number of thiophene rings is 1. The van der Waals surface area contributed by atoms with Gasteiger partial charge in [-0.1, -0.05) is 0 Å². The highest BCUT2D eigenvalue weighted by atomic mass is 32.1. The molecule has 0 bridgehead atoms. The largest absolute Gasteiger partial charge is 0.356 e. The Morgan fingerprint density at radius 2 is 2.31 bits per heavy atom. The highest BCUT2D eigenvalue weighted by Crippen LogP contribution is 2.07. The monoisotopic (exact) mass is 240 g/mol. The van der Waals surface area contributed by atoms with Crippen LogP contribution in [0.3, 0.4) is 0 Å². The highest BCUT2D eigenvalue weighted by molar-refractivity contribution is 7.07. The van der Waals surface area contributed by atoms with Gasteiger partial charge < -0.3 is 10.2 Å². The zero-order chi connectivity index (χ0) is 11.8. The van der Waals surface area contributed by atoms with Crippen molar-refractivity contribution in [3.63, 3.8) is 0 Å². The molecule has 0 atom stereocenters. The molecule has 1 aromatic rings. The molecule has 0 aliphatic heterocycles. The van der Waals surface area contributed by atoms with Crippen molar-refractivity contribution in [2.45, 2.75) is 19.3 Å². The lowest BCUT2D eigenvalue weighted by Gasteiger charge is -2.09. The normalized spacial score (nSPS) is 10.7. The number of hydrogen-bond donors (Lipinski definition) is 1. The molecule has 0 aromatic carbocycles. The number of aryl methyl sites for hydroxylation is 1. The van der Waals surface area contributed by atoms with E-state index in [1.54, 1.807) is 11.3 Å². The average molecular weight is 240 g/mol. The quantitative estimate of drug-likeness (QED) is 0.736. The first kappa shape index (κ1) is 13.2. The molecule has 1 heterocycles. The van der Waals surface area contributed by atoms with E-state index < -0.39 is 0 Å².